The molecule has 0 aliphatic carbocycles. The predicted molar refractivity (Wildman–Crippen MR) is 53.2 cm³/mol. The molecule has 0 aromatic heterocycles. The minimum Gasteiger partial charge on any atom is -0.392 e. The Hall–Kier alpha value is -1.05. The first-order chi connectivity index (χ1) is 7.33. The fourth-order valence-corrected chi connectivity index (χ4v) is 2.09. The van der Waals surface area contributed by atoms with Gasteiger partial charge in [0.2, 0.25) is 10.0 Å². The highest BCUT2D eigenvalue weighted by Gasteiger charge is 2.16. The molecule has 4 nitrogen and oxygen atoms in total. The second kappa shape index (κ2) is 4.86. The van der Waals surface area contributed by atoms with Crippen molar-refractivity contribution in [1.82, 2.24) is 4.72 Å². The van der Waals surface area contributed by atoms with Gasteiger partial charge in [-0.3, -0.25) is 0 Å². The highest BCUT2D eigenvalue weighted by molar-refractivity contribution is 7.89. The maximum absolute atomic E-state index is 12.8. The molecule has 1 aromatic rings. The topological polar surface area (TPSA) is 66.4 Å². The Kier molecular flexibility index (Phi) is 3.95. The van der Waals surface area contributed by atoms with Crippen LogP contribution in [0, 0.1) is 11.6 Å². The third-order valence-electron chi connectivity index (χ3n) is 1.77. The predicted octanol–water partition coefficient (Wildman–Crippen LogP) is 0.624. The zero-order chi connectivity index (χ0) is 12.3. The van der Waals surface area contributed by atoms with Crippen molar-refractivity contribution in [2.75, 3.05) is 6.54 Å². The average molecular weight is 251 g/mol. The normalized spacial score (nSPS) is 13.8. The van der Waals surface area contributed by atoms with Crippen molar-refractivity contribution in [3.63, 3.8) is 0 Å². The Labute approximate surface area is 92.0 Å². The van der Waals surface area contributed by atoms with Crippen molar-refractivity contribution in [1.29, 1.82) is 0 Å². The van der Waals surface area contributed by atoms with Gasteiger partial charge in [0.1, 0.15) is 0 Å². The number of nitrogens with one attached hydrogen (secondary N) is 1. The van der Waals surface area contributed by atoms with Gasteiger partial charge in [0.05, 0.1) is 11.0 Å². The Morgan fingerprint density at radius 3 is 2.50 bits per heavy atom. The largest absolute Gasteiger partial charge is 0.392 e. The lowest BCUT2D eigenvalue weighted by molar-refractivity contribution is 0.198. The molecule has 90 valence electrons. The first kappa shape index (κ1) is 13.0. The number of aliphatic hydroxyl groups is 1. The van der Waals surface area contributed by atoms with Crippen LogP contribution in [0.3, 0.4) is 0 Å². The van der Waals surface area contributed by atoms with Gasteiger partial charge in [0.25, 0.3) is 0 Å². The maximum atomic E-state index is 12.8. The SMILES string of the molecule is C[C@@H](O)CNS(=O)(=O)c1ccc(F)c(F)c1. The number of hydrogen-bond donors (Lipinski definition) is 2. The summed E-state index contributed by atoms with van der Waals surface area (Å²) < 4.78 is 50.4. The number of sulfonamides is 1. The van der Waals surface area contributed by atoms with E-state index in [-0.39, 0.29) is 11.4 Å². The molecule has 0 unspecified atom stereocenters. The molecule has 0 amide bonds. The van der Waals surface area contributed by atoms with E-state index in [1.807, 2.05) is 0 Å². The molecule has 0 saturated heterocycles. The van der Waals surface area contributed by atoms with Crippen molar-refractivity contribution in [3.05, 3.63) is 29.8 Å². The minimum absolute atomic E-state index is 0.193. The van der Waals surface area contributed by atoms with Crippen LogP contribution in [0.5, 0.6) is 0 Å². The summed E-state index contributed by atoms with van der Waals surface area (Å²) in [5.41, 5.74) is 0. The summed E-state index contributed by atoms with van der Waals surface area (Å²) >= 11 is 0. The van der Waals surface area contributed by atoms with Gasteiger partial charge in [-0.1, -0.05) is 0 Å². The van der Waals surface area contributed by atoms with Crippen molar-refractivity contribution in [3.8, 4) is 0 Å². The Balaban J connectivity index is 2.94. The molecule has 1 atom stereocenters. The first-order valence-electron chi connectivity index (χ1n) is 4.45. The lowest BCUT2D eigenvalue weighted by Gasteiger charge is -2.08. The van der Waals surface area contributed by atoms with Crippen LogP contribution < -0.4 is 4.72 Å². The summed E-state index contributed by atoms with van der Waals surface area (Å²) in [4.78, 5) is -0.382. The van der Waals surface area contributed by atoms with E-state index < -0.39 is 27.8 Å². The summed E-state index contributed by atoms with van der Waals surface area (Å²) in [6, 6.07) is 2.26. The molecular weight excluding hydrogens is 240 g/mol. The zero-order valence-corrected chi connectivity index (χ0v) is 9.26. The summed E-state index contributed by atoms with van der Waals surface area (Å²) in [5, 5.41) is 8.90. The van der Waals surface area contributed by atoms with Crippen LogP contribution in [0.1, 0.15) is 6.92 Å². The van der Waals surface area contributed by atoms with E-state index in [1.165, 1.54) is 6.92 Å². The first-order valence-corrected chi connectivity index (χ1v) is 5.94. The standard InChI is InChI=1S/C9H11F2NO3S/c1-6(13)5-12-16(14,15)7-2-3-8(10)9(11)4-7/h2-4,6,12-13H,5H2,1H3/t6-/m1/s1. The molecule has 0 saturated carbocycles. The van der Waals surface area contributed by atoms with E-state index in [4.69, 9.17) is 5.11 Å². The third-order valence-corrected chi connectivity index (χ3v) is 3.19. The lowest BCUT2D eigenvalue weighted by Crippen LogP contribution is -2.30. The van der Waals surface area contributed by atoms with Crippen LogP contribution in [0.4, 0.5) is 8.78 Å². The average Bonchev–Trinajstić information content (AvgIpc) is 2.19. The van der Waals surface area contributed by atoms with Gasteiger partial charge in [-0.05, 0) is 25.1 Å². The fraction of sp³-hybridized carbons (Fsp3) is 0.333. The molecule has 1 rings (SSSR count). The van der Waals surface area contributed by atoms with Crippen molar-refractivity contribution >= 4 is 10.0 Å². The summed E-state index contributed by atoms with van der Waals surface area (Å²) in [7, 11) is -3.91. The van der Waals surface area contributed by atoms with Crippen LogP contribution in [-0.2, 0) is 10.0 Å². The molecule has 0 aliphatic heterocycles. The van der Waals surface area contributed by atoms with Gasteiger partial charge in [-0.15, -0.1) is 0 Å². The summed E-state index contributed by atoms with van der Waals surface area (Å²) in [5.74, 6) is -2.35. The molecule has 0 bridgehead atoms. The smallest absolute Gasteiger partial charge is 0.240 e. The van der Waals surface area contributed by atoms with Crippen LogP contribution in [0.25, 0.3) is 0 Å². The van der Waals surface area contributed by atoms with Gasteiger partial charge in [-0.25, -0.2) is 21.9 Å². The zero-order valence-electron chi connectivity index (χ0n) is 8.44. The van der Waals surface area contributed by atoms with E-state index >= 15 is 0 Å². The molecule has 0 spiro atoms. The number of benzene rings is 1. The summed E-state index contributed by atoms with van der Waals surface area (Å²) in [6.07, 6.45) is -0.861. The maximum Gasteiger partial charge on any atom is 0.240 e. The van der Waals surface area contributed by atoms with Crippen LogP contribution in [-0.4, -0.2) is 26.2 Å². The second-order valence-electron chi connectivity index (χ2n) is 3.28. The van der Waals surface area contributed by atoms with Crippen molar-refractivity contribution < 1.29 is 22.3 Å². The highest BCUT2D eigenvalue weighted by atomic mass is 32.2. The highest BCUT2D eigenvalue weighted by Crippen LogP contribution is 2.13. The van der Waals surface area contributed by atoms with E-state index in [2.05, 4.69) is 4.72 Å². The molecule has 1 aromatic carbocycles. The number of halogens is 2. The quantitative estimate of drug-likeness (QED) is 0.824. The summed E-state index contributed by atoms with van der Waals surface area (Å²) in [6.45, 7) is 1.20. The molecule has 0 heterocycles. The number of rotatable bonds is 4. The van der Waals surface area contributed by atoms with Gasteiger partial charge < -0.3 is 5.11 Å². The van der Waals surface area contributed by atoms with Crippen molar-refractivity contribution in [2.45, 2.75) is 17.9 Å². The molecule has 2 N–H and O–H groups in total. The van der Waals surface area contributed by atoms with Gasteiger partial charge in [0, 0.05) is 6.54 Å². The van der Waals surface area contributed by atoms with Gasteiger partial charge in [-0.2, -0.15) is 0 Å². The Morgan fingerprint density at radius 2 is 2.00 bits per heavy atom. The number of hydrogen-bond acceptors (Lipinski definition) is 3. The van der Waals surface area contributed by atoms with E-state index in [1.54, 1.807) is 0 Å². The third kappa shape index (κ3) is 3.22. The number of aliphatic hydroxyl groups excluding tert-OH is 1. The van der Waals surface area contributed by atoms with Gasteiger partial charge in [0.15, 0.2) is 11.6 Å². The fourth-order valence-electron chi connectivity index (χ4n) is 0.958. The second-order valence-corrected chi connectivity index (χ2v) is 5.04. The lowest BCUT2D eigenvalue weighted by atomic mass is 10.3. The van der Waals surface area contributed by atoms with E-state index in [0.717, 1.165) is 12.1 Å². The molecule has 16 heavy (non-hydrogen) atoms. The molecule has 0 aliphatic rings. The Morgan fingerprint density at radius 1 is 1.38 bits per heavy atom. The molecule has 0 fully saturated rings. The van der Waals surface area contributed by atoms with Crippen molar-refractivity contribution in [2.24, 2.45) is 0 Å². The van der Waals surface area contributed by atoms with Crippen LogP contribution >= 0.6 is 0 Å². The van der Waals surface area contributed by atoms with Gasteiger partial charge >= 0.3 is 0 Å². The minimum atomic E-state index is -3.91. The Bertz CT molecular complexity index is 474. The molecular formula is C9H11F2NO3S. The molecule has 0 radical (unpaired) electrons. The molecule has 7 heteroatoms. The monoisotopic (exact) mass is 251 g/mol. The van der Waals surface area contributed by atoms with E-state index in [9.17, 15) is 17.2 Å². The van der Waals surface area contributed by atoms with Crippen LogP contribution in [0.15, 0.2) is 23.1 Å². The van der Waals surface area contributed by atoms with Crippen LogP contribution in [0.2, 0.25) is 0 Å². The van der Waals surface area contributed by atoms with E-state index in [0.29, 0.717) is 6.07 Å².